The van der Waals surface area contributed by atoms with Gasteiger partial charge in [0.15, 0.2) is 17.5 Å². The largest absolute Gasteiger partial charge is 0.455 e. The molecule has 0 bridgehead atoms. The molecule has 0 amide bonds. The van der Waals surface area contributed by atoms with Gasteiger partial charge in [-0.05, 0) is 68.7 Å². The maximum Gasteiger partial charge on any atom is 0.164 e. The van der Waals surface area contributed by atoms with Crippen LogP contribution in [0.4, 0.5) is 0 Å². The topological polar surface area (TPSA) is 51.8 Å². The summed E-state index contributed by atoms with van der Waals surface area (Å²) >= 11 is 0. The van der Waals surface area contributed by atoms with Gasteiger partial charge in [-0.15, -0.1) is 0 Å². The maximum atomic E-state index is 6.56. The van der Waals surface area contributed by atoms with Crippen molar-refractivity contribution in [2.75, 3.05) is 0 Å². The zero-order valence-electron chi connectivity index (χ0n) is 27.5. The number of furan rings is 1. The molecule has 0 fully saturated rings. The predicted molar refractivity (Wildman–Crippen MR) is 209 cm³/mol. The zero-order valence-corrected chi connectivity index (χ0v) is 27.5. The SMILES string of the molecule is c1ccc(-c2ccc3cc(-c4nc(-c5ccccc5)nc(-c5cc6c7ccccc7oc6c6cc(-c7ccccc7)ccc56)n4)ccc3c2)cc1. The second-order valence-electron chi connectivity index (χ2n) is 12.8. The molecular formula is C47H29N3O. The second-order valence-corrected chi connectivity index (χ2v) is 12.8. The van der Waals surface area contributed by atoms with Gasteiger partial charge in [-0.3, -0.25) is 0 Å². The maximum absolute atomic E-state index is 6.56. The summed E-state index contributed by atoms with van der Waals surface area (Å²) in [5, 5.41) is 6.41. The Balaban J connectivity index is 1.20. The first-order valence-electron chi connectivity index (χ1n) is 17.1. The van der Waals surface area contributed by atoms with Gasteiger partial charge in [0.25, 0.3) is 0 Å². The lowest BCUT2D eigenvalue weighted by molar-refractivity contribution is 0.672. The smallest absolute Gasteiger partial charge is 0.164 e. The zero-order chi connectivity index (χ0) is 33.7. The predicted octanol–water partition coefficient (Wildman–Crippen LogP) is 12.4. The number of para-hydroxylation sites is 1. The number of hydrogen-bond acceptors (Lipinski definition) is 4. The lowest BCUT2D eigenvalue weighted by Gasteiger charge is -2.12. The molecule has 4 nitrogen and oxygen atoms in total. The van der Waals surface area contributed by atoms with Gasteiger partial charge in [-0.25, -0.2) is 15.0 Å². The summed E-state index contributed by atoms with van der Waals surface area (Å²) in [5.74, 6) is 1.86. The first kappa shape index (κ1) is 29.0. The van der Waals surface area contributed by atoms with E-state index in [0.29, 0.717) is 17.5 Å². The van der Waals surface area contributed by atoms with E-state index in [-0.39, 0.29) is 0 Å². The molecule has 0 N–H and O–H groups in total. The molecule has 4 heteroatoms. The van der Waals surface area contributed by atoms with Crippen LogP contribution in [0.15, 0.2) is 180 Å². The van der Waals surface area contributed by atoms with Crippen molar-refractivity contribution >= 4 is 43.5 Å². The van der Waals surface area contributed by atoms with Crippen LogP contribution in [0.5, 0.6) is 0 Å². The highest BCUT2D eigenvalue weighted by Crippen LogP contribution is 2.41. The average molecular weight is 652 g/mol. The third-order valence-corrected chi connectivity index (χ3v) is 9.70. The first-order chi connectivity index (χ1) is 25.2. The Morgan fingerprint density at radius 2 is 0.824 bits per heavy atom. The number of fused-ring (bicyclic) bond motifs is 6. The molecule has 8 aromatic carbocycles. The number of aromatic nitrogens is 3. The van der Waals surface area contributed by atoms with E-state index in [1.54, 1.807) is 0 Å². The van der Waals surface area contributed by atoms with Gasteiger partial charge in [0.05, 0.1) is 0 Å². The molecule has 0 spiro atoms. The Bertz CT molecular complexity index is 2900. The highest BCUT2D eigenvalue weighted by molar-refractivity contribution is 6.19. The second kappa shape index (κ2) is 11.9. The monoisotopic (exact) mass is 651 g/mol. The fraction of sp³-hybridized carbons (Fsp3) is 0. The van der Waals surface area contributed by atoms with E-state index >= 15 is 0 Å². The van der Waals surface area contributed by atoms with E-state index in [1.807, 2.05) is 54.6 Å². The lowest BCUT2D eigenvalue weighted by Crippen LogP contribution is -2.00. The molecule has 0 aliphatic heterocycles. The van der Waals surface area contributed by atoms with E-state index in [0.717, 1.165) is 71.3 Å². The molecule has 0 radical (unpaired) electrons. The highest BCUT2D eigenvalue weighted by Gasteiger charge is 2.19. The van der Waals surface area contributed by atoms with Crippen molar-refractivity contribution in [3.8, 4) is 56.4 Å². The van der Waals surface area contributed by atoms with Gasteiger partial charge in [-0.1, -0.05) is 146 Å². The minimum Gasteiger partial charge on any atom is -0.455 e. The van der Waals surface area contributed by atoms with Crippen molar-refractivity contribution in [3.63, 3.8) is 0 Å². The van der Waals surface area contributed by atoms with Crippen molar-refractivity contribution in [2.45, 2.75) is 0 Å². The van der Waals surface area contributed by atoms with Crippen LogP contribution in [0.3, 0.4) is 0 Å². The number of rotatable bonds is 5. The van der Waals surface area contributed by atoms with Gasteiger partial charge >= 0.3 is 0 Å². The van der Waals surface area contributed by atoms with Crippen molar-refractivity contribution in [2.24, 2.45) is 0 Å². The molecule has 0 aliphatic carbocycles. The molecule has 0 unspecified atom stereocenters. The highest BCUT2D eigenvalue weighted by atomic mass is 16.3. The van der Waals surface area contributed by atoms with Crippen molar-refractivity contribution < 1.29 is 4.42 Å². The van der Waals surface area contributed by atoms with Crippen LogP contribution in [-0.2, 0) is 0 Å². The van der Waals surface area contributed by atoms with E-state index < -0.39 is 0 Å². The summed E-state index contributed by atoms with van der Waals surface area (Å²) in [4.78, 5) is 15.4. The number of hydrogen-bond donors (Lipinski definition) is 0. The van der Waals surface area contributed by atoms with Gasteiger partial charge in [0, 0.05) is 32.8 Å². The van der Waals surface area contributed by atoms with E-state index in [4.69, 9.17) is 19.4 Å². The van der Waals surface area contributed by atoms with Crippen LogP contribution in [-0.4, -0.2) is 15.0 Å². The fourth-order valence-corrected chi connectivity index (χ4v) is 7.13. The molecule has 2 aromatic heterocycles. The first-order valence-corrected chi connectivity index (χ1v) is 17.1. The summed E-state index contributed by atoms with van der Waals surface area (Å²) in [6, 6.07) is 61.1. The Labute approximate surface area is 294 Å². The summed E-state index contributed by atoms with van der Waals surface area (Å²) < 4.78 is 6.56. The van der Waals surface area contributed by atoms with Crippen LogP contribution in [0.25, 0.3) is 99.9 Å². The molecule has 10 aromatic rings. The summed E-state index contributed by atoms with van der Waals surface area (Å²) in [5.41, 5.74) is 9.15. The van der Waals surface area contributed by atoms with Gasteiger partial charge in [-0.2, -0.15) is 0 Å². The molecule has 0 aliphatic rings. The standard InChI is InChI=1S/C47H29N3O/c1-4-12-30(13-5-1)33-20-21-35-27-37(23-22-34(35)26-33)46-48-45(32-16-8-3-9-17-32)49-47(50-46)42-29-41-39-18-10-11-19-43(39)51-44(41)40-28-36(24-25-38(40)42)31-14-6-2-7-15-31/h1-29H. The molecule has 51 heavy (non-hydrogen) atoms. The minimum atomic E-state index is 0.614. The van der Waals surface area contributed by atoms with Gasteiger partial charge < -0.3 is 4.42 Å². The third-order valence-electron chi connectivity index (χ3n) is 9.70. The normalized spacial score (nSPS) is 11.5. The molecule has 10 rings (SSSR count). The Morgan fingerprint density at radius 3 is 1.53 bits per heavy atom. The average Bonchev–Trinajstić information content (AvgIpc) is 3.60. The lowest BCUT2D eigenvalue weighted by atomic mass is 9.95. The van der Waals surface area contributed by atoms with Crippen LogP contribution in [0, 0.1) is 0 Å². The minimum absolute atomic E-state index is 0.614. The summed E-state index contributed by atoms with van der Waals surface area (Å²) in [6.07, 6.45) is 0. The molecule has 2 heterocycles. The molecule has 0 saturated heterocycles. The Kier molecular flexibility index (Phi) is 6.78. The van der Waals surface area contributed by atoms with Crippen LogP contribution in [0.1, 0.15) is 0 Å². The van der Waals surface area contributed by atoms with E-state index in [9.17, 15) is 0 Å². The quantitative estimate of drug-likeness (QED) is 0.186. The van der Waals surface area contributed by atoms with Crippen LogP contribution < -0.4 is 0 Å². The molecule has 0 saturated carbocycles. The van der Waals surface area contributed by atoms with Crippen LogP contribution in [0.2, 0.25) is 0 Å². The van der Waals surface area contributed by atoms with Gasteiger partial charge in [0.2, 0.25) is 0 Å². The molecule has 238 valence electrons. The summed E-state index contributed by atoms with van der Waals surface area (Å²) in [7, 11) is 0. The van der Waals surface area contributed by atoms with E-state index in [1.165, 1.54) is 11.1 Å². The number of benzene rings is 8. The van der Waals surface area contributed by atoms with Crippen molar-refractivity contribution in [1.29, 1.82) is 0 Å². The van der Waals surface area contributed by atoms with Crippen molar-refractivity contribution in [1.82, 2.24) is 15.0 Å². The third kappa shape index (κ3) is 5.13. The van der Waals surface area contributed by atoms with Gasteiger partial charge in [0.1, 0.15) is 11.2 Å². The summed E-state index contributed by atoms with van der Waals surface area (Å²) in [6.45, 7) is 0. The van der Waals surface area contributed by atoms with Crippen LogP contribution >= 0.6 is 0 Å². The van der Waals surface area contributed by atoms with E-state index in [2.05, 4.69) is 121 Å². The van der Waals surface area contributed by atoms with Crippen molar-refractivity contribution in [3.05, 3.63) is 176 Å². The molecule has 0 atom stereocenters. The fourth-order valence-electron chi connectivity index (χ4n) is 7.13. The number of nitrogens with zero attached hydrogens (tertiary/aromatic N) is 3. The molecular weight excluding hydrogens is 623 g/mol. The Morgan fingerprint density at radius 1 is 0.314 bits per heavy atom. The Hall–Kier alpha value is -6.91.